The standard InChI is InChI=1S/C4H4Cl2N2O/c5-3-4(6)8-2(1-9)7-3/h2,9H,1H2. The predicted octanol–water partition coefficient (Wildman–Crippen LogP) is 0.593. The van der Waals surface area contributed by atoms with Gasteiger partial charge in [-0.15, -0.1) is 0 Å². The van der Waals surface area contributed by atoms with Crippen LogP contribution in [0.5, 0.6) is 0 Å². The molecule has 1 heterocycles. The Balaban J connectivity index is 2.70. The highest BCUT2D eigenvalue weighted by atomic mass is 35.5. The molecule has 0 aliphatic carbocycles. The fourth-order valence-corrected chi connectivity index (χ4v) is 0.802. The van der Waals surface area contributed by atoms with Gasteiger partial charge in [-0.25, -0.2) is 9.98 Å². The summed E-state index contributed by atoms with van der Waals surface area (Å²) in [6, 6.07) is 0. The van der Waals surface area contributed by atoms with Gasteiger partial charge in [0.05, 0.1) is 6.61 Å². The Morgan fingerprint density at radius 3 is 2.00 bits per heavy atom. The van der Waals surface area contributed by atoms with Gasteiger partial charge in [0.1, 0.15) is 0 Å². The van der Waals surface area contributed by atoms with Crippen LogP contribution in [0, 0.1) is 0 Å². The Morgan fingerprint density at radius 2 is 1.78 bits per heavy atom. The van der Waals surface area contributed by atoms with E-state index >= 15 is 0 Å². The molecule has 0 spiro atoms. The quantitative estimate of drug-likeness (QED) is 0.610. The topological polar surface area (TPSA) is 45.0 Å². The van der Waals surface area contributed by atoms with Crippen molar-refractivity contribution in [2.24, 2.45) is 9.98 Å². The zero-order valence-corrected chi connectivity index (χ0v) is 5.89. The molecule has 0 aromatic heterocycles. The number of aliphatic hydroxyl groups excluding tert-OH is 1. The normalized spacial score (nSPS) is 19.9. The van der Waals surface area contributed by atoms with E-state index in [2.05, 4.69) is 9.98 Å². The number of nitrogens with zero attached hydrogens (tertiary/aromatic N) is 2. The van der Waals surface area contributed by atoms with Crippen molar-refractivity contribution < 1.29 is 5.11 Å². The van der Waals surface area contributed by atoms with Gasteiger partial charge in [0.15, 0.2) is 16.5 Å². The maximum atomic E-state index is 8.47. The maximum absolute atomic E-state index is 8.47. The lowest BCUT2D eigenvalue weighted by Crippen LogP contribution is -2.02. The summed E-state index contributed by atoms with van der Waals surface area (Å²) in [5.74, 6) is 0. The second-order valence-corrected chi connectivity index (χ2v) is 2.22. The Bertz CT molecular complexity index is 159. The van der Waals surface area contributed by atoms with Gasteiger partial charge in [-0.05, 0) is 0 Å². The van der Waals surface area contributed by atoms with Gasteiger partial charge in [-0.2, -0.15) is 0 Å². The summed E-state index contributed by atoms with van der Waals surface area (Å²) >= 11 is 10.8. The molecule has 0 unspecified atom stereocenters. The van der Waals surface area contributed by atoms with Crippen LogP contribution in [0.1, 0.15) is 0 Å². The molecule has 0 saturated carbocycles. The highest BCUT2D eigenvalue weighted by Gasteiger charge is 2.15. The van der Waals surface area contributed by atoms with Gasteiger partial charge in [-0.3, -0.25) is 0 Å². The van der Waals surface area contributed by atoms with Crippen LogP contribution in [0.25, 0.3) is 0 Å². The van der Waals surface area contributed by atoms with Crippen LogP contribution >= 0.6 is 23.2 Å². The molecule has 1 aliphatic heterocycles. The number of rotatable bonds is 1. The fourth-order valence-electron chi connectivity index (χ4n) is 0.479. The van der Waals surface area contributed by atoms with Gasteiger partial charge < -0.3 is 5.11 Å². The lowest BCUT2D eigenvalue weighted by molar-refractivity contribution is 0.272. The summed E-state index contributed by atoms with van der Waals surface area (Å²) in [6.07, 6.45) is -0.481. The van der Waals surface area contributed by atoms with Crippen molar-refractivity contribution in [2.45, 2.75) is 6.17 Å². The predicted molar refractivity (Wildman–Crippen MR) is 37.4 cm³/mol. The molecule has 0 aromatic rings. The molecule has 50 valence electrons. The molecule has 0 radical (unpaired) electrons. The monoisotopic (exact) mass is 166 g/mol. The number of aliphatic imine (C=N–C) groups is 2. The molecular weight excluding hydrogens is 163 g/mol. The van der Waals surface area contributed by atoms with E-state index in [0.717, 1.165) is 0 Å². The molecule has 0 amide bonds. The summed E-state index contributed by atoms with van der Waals surface area (Å²) in [5, 5.41) is 8.82. The van der Waals surface area contributed by atoms with E-state index in [-0.39, 0.29) is 16.9 Å². The highest BCUT2D eigenvalue weighted by molar-refractivity contribution is 7.00. The highest BCUT2D eigenvalue weighted by Crippen LogP contribution is 2.09. The Morgan fingerprint density at radius 1 is 1.33 bits per heavy atom. The molecule has 9 heavy (non-hydrogen) atoms. The molecular formula is C4H4Cl2N2O. The largest absolute Gasteiger partial charge is 0.392 e. The Labute approximate surface area is 62.0 Å². The minimum absolute atomic E-state index is 0.146. The average molecular weight is 167 g/mol. The molecule has 1 aliphatic rings. The van der Waals surface area contributed by atoms with Gasteiger partial charge in [0, 0.05) is 0 Å². The SMILES string of the molecule is OCC1N=C(Cl)C(Cl)=N1. The van der Waals surface area contributed by atoms with Crippen molar-refractivity contribution in [1.29, 1.82) is 0 Å². The molecule has 1 rings (SSSR count). The van der Waals surface area contributed by atoms with Gasteiger partial charge in [0.2, 0.25) is 0 Å². The van der Waals surface area contributed by atoms with Crippen molar-refractivity contribution in [3.8, 4) is 0 Å². The van der Waals surface area contributed by atoms with Crippen LogP contribution in [0.4, 0.5) is 0 Å². The number of hydrogen-bond acceptors (Lipinski definition) is 3. The van der Waals surface area contributed by atoms with E-state index in [1.54, 1.807) is 0 Å². The number of hydrogen-bond donors (Lipinski definition) is 1. The third kappa shape index (κ3) is 1.41. The average Bonchev–Trinajstić information content (AvgIpc) is 2.13. The molecule has 0 bridgehead atoms. The van der Waals surface area contributed by atoms with E-state index in [0.29, 0.717) is 0 Å². The van der Waals surface area contributed by atoms with Crippen molar-refractivity contribution in [3.63, 3.8) is 0 Å². The summed E-state index contributed by atoms with van der Waals surface area (Å²) in [4.78, 5) is 7.37. The van der Waals surface area contributed by atoms with Crippen LogP contribution in [0.2, 0.25) is 0 Å². The van der Waals surface area contributed by atoms with E-state index in [4.69, 9.17) is 28.3 Å². The van der Waals surface area contributed by atoms with E-state index in [1.807, 2.05) is 0 Å². The second-order valence-electron chi connectivity index (χ2n) is 1.50. The molecule has 0 atom stereocenters. The summed E-state index contributed by atoms with van der Waals surface area (Å²) < 4.78 is 0. The number of halogens is 2. The van der Waals surface area contributed by atoms with Gasteiger partial charge >= 0.3 is 0 Å². The summed E-state index contributed by atoms with van der Waals surface area (Å²) in [7, 11) is 0. The minimum Gasteiger partial charge on any atom is -0.392 e. The molecule has 3 nitrogen and oxygen atoms in total. The molecule has 0 aromatic carbocycles. The second kappa shape index (κ2) is 2.64. The zero-order valence-electron chi connectivity index (χ0n) is 4.38. The molecule has 0 saturated heterocycles. The van der Waals surface area contributed by atoms with Crippen molar-refractivity contribution in [2.75, 3.05) is 6.61 Å². The van der Waals surface area contributed by atoms with Crippen molar-refractivity contribution in [1.82, 2.24) is 0 Å². The first-order valence-electron chi connectivity index (χ1n) is 2.32. The first-order valence-corrected chi connectivity index (χ1v) is 3.07. The lowest BCUT2D eigenvalue weighted by atomic mass is 10.6. The molecule has 1 N–H and O–H groups in total. The minimum atomic E-state index is -0.481. The molecule has 5 heteroatoms. The first-order chi connectivity index (χ1) is 4.24. The Hall–Kier alpha value is -0.120. The van der Waals surface area contributed by atoms with Crippen LogP contribution in [0.15, 0.2) is 9.98 Å². The third-order valence-corrected chi connectivity index (χ3v) is 1.51. The van der Waals surface area contributed by atoms with Crippen LogP contribution < -0.4 is 0 Å². The van der Waals surface area contributed by atoms with E-state index < -0.39 is 6.17 Å². The zero-order chi connectivity index (χ0) is 6.85. The maximum Gasteiger partial charge on any atom is 0.166 e. The van der Waals surface area contributed by atoms with Crippen molar-refractivity contribution in [3.05, 3.63) is 0 Å². The van der Waals surface area contributed by atoms with Crippen molar-refractivity contribution >= 4 is 33.5 Å². The summed E-state index contributed by atoms with van der Waals surface area (Å²) in [6.45, 7) is -0.146. The van der Waals surface area contributed by atoms with E-state index in [1.165, 1.54) is 0 Å². The fraction of sp³-hybridized carbons (Fsp3) is 0.500. The number of aliphatic hydroxyl groups is 1. The van der Waals surface area contributed by atoms with Crippen LogP contribution in [-0.2, 0) is 0 Å². The lowest BCUT2D eigenvalue weighted by Gasteiger charge is -1.92. The summed E-state index contributed by atoms with van der Waals surface area (Å²) in [5.41, 5.74) is 0. The third-order valence-electron chi connectivity index (χ3n) is 0.858. The first kappa shape index (κ1) is 6.99. The molecule has 0 fully saturated rings. The van der Waals surface area contributed by atoms with Crippen LogP contribution in [-0.4, -0.2) is 28.2 Å². The smallest absolute Gasteiger partial charge is 0.166 e. The van der Waals surface area contributed by atoms with Gasteiger partial charge in [0.25, 0.3) is 0 Å². The Kier molecular flexibility index (Phi) is 2.05. The van der Waals surface area contributed by atoms with Crippen LogP contribution in [0.3, 0.4) is 0 Å². The van der Waals surface area contributed by atoms with E-state index in [9.17, 15) is 0 Å². The van der Waals surface area contributed by atoms with Gasteiger partial charge in [-0.1, -0.05) is 23.2 Å².